The molecule has 0 aromatic carbocycles. The number of unbranched alkanes of at least 4 members (excludes halogenated alkanes) is 1. The summed E-state index contributed by atoms with van der Waals surface area (Å²) in [4.78, 5) is 14.9. The highest BCUT2D eigenvalue weighted by Gasteiger charge is 2.07. The molecule has 0 bridgehead atoms. The standard InChI is InChI=1S/C15H22N2O2S/c1-17(2)9-5-4-8-16-15(19)13-11-14(20-12-13)7-3-6-10-18/h11-12,18H,4-6,8-10H2,1-2H3,(H,16,19). The molecule has 1 rings (SSSR count). The molecule has 0 spiro atoms. The van der Waals surface area contributed by atoms with Gasteiger partial charge in [-0.05, 0) is 39.5 Å². The van der Waals surface area contributed by atoms with Crippen LogP contribution in [0.3, 0.4) is 0 Å². The molecule has 0 aliphatic rings. The molecule has 0 aliphatic heterocycles. The van der Waals surface area contributed by atoms with Crippen molar-refractivity contribution in [2.45, 2.75) is 19.3 Å². The summed E-state index contributed by atoms with van der Waals surface area (Å²) >= 11 is 1.45. The van der Waals surface area contributed by atoms with E-state index in [2.05, 4.69) is 22.1 Å². The van der Waals surface area contributed by atoms with Crippen molar-refractivity contribution >= 4 is 17.2 Å². The zero-order valence-corrected chi connectivity index (χ0v) is 12.9. The Bertz CT molecular complexity index is 472. The third kappa shape index (κ3) is 6.71. The summed E-state index contributed by atoms with van der Waals surface area (Å²) in [5.74, 6) is 5.74. The Morgan fingerprint density at radius 3 is 2.95 bits per heavy atom. The molecule has 0 radical (unpaired) electrons. The maximum Gasteiger partial charge on any atom is 0.252 e. The lowest BCUT2D eigenvalue weighted by Crippen LogP contribution is -2.24. The molecule has 1 aromatic heterocycles. The summed E-state index contributed by atoms with van der Waals surface area (Å²) < 4.78 is 0. The van der Waals surface area contributed by atoms with Gasteiger partial charge in [-0.15, -0.1) is 11.3 Å². The molecule has 110 valence electrons. The lowest BCUT2D eigenvalue weighted by molar-refractivity contribution is 0.0953. The third-order valence-corrected chi connectivity index (χ3v) is 3.47. The molecule has 5 heteroatoms. The Morgan fingerprint density at radius 1 is 1.45 bits per heavy atom. The van der Waals surface area contributed by atoms with Crippen LogP contribution in [0.25, 0.3) is 0 Å². The summed E-state index contributed by atoms with van der Waals surface area (Å²) in [7, 11) is 4.09. The predicted octanol–water partition coefficient (Wildman–Crippen LogP) is 1.55. The summed E-state index contributed by atoms with van der Waals surface area (Å²) in [6.07, 6.45) is 2.53. The van der Waals surface area contributed by atoms with Crippen molar-refractivity contribution in [2.24, 2.45) is 0 Å². The SMILES string of the molecule is CN(C)CCCCNC(=O)c1csc(C#CCCO)c1. The Morgan fingerprint density at radius 2 is 2.25 bits per heavy atom. The third-order valence-electron chi connectivity index (χ3n) is 2.63. The Kier molecular flexibility index (Phi) is 7.97. The van der Waals surface area contributed by atoms with E-state index in [1.54, 1.807) is 6.07 Å². The number of aliphatic hydroxyl groups excluding tert-OH is 1. The number of thiophene rings is 1. The number of amides is 1. The van der Waals surface area contributed by atoms with E-state index in [0.29, 0.717) is 18.5 Å². The van der Waals surface area contributed by atoms with Crippen LogP contribution in [0.15, 0.2) is 11.4 Å². The number of nitrogens with zero attached hydrogens (tertiary/aromatic N) is 1. The van der Waals surface area contributed by atoms with E-state index >= 15 is 0 Å². The average Bonchev–Trinajstić information content (AvgIpc) is 2.87. The summed E-state index contributed by atoms with van der Waals surface area (Å²) in [6, 6.07) is 1.80. The van der Waals surface area contributed by atoms with Crippen molar-refractivity contribution in [1.29, 1.82) is 0 Å². The molecule has 1 aromatic rings. The van der Waals surface area contributed by atoms with Crippen LogP contribution in [0.4, 0.5) is 0 Å². The Balaban J connectivity index is 2.32. The van der Waals surface area contributed by atoms with E-state index in [9.17, 15) is 4.79 Å². The first kappa shape index (κ1) is 16.7. The van der Waals surface area contributed by atoms with Crippen molar-refractivity contribution in [2.75, 3.05) is 33.8 Å². The zero-order valence-electron chi connectivity index (χ0n) is 12.1. The number of rotatable bonds is 7. The quantitative estimate of drug-likeness (QED) is 0.593. The van der Waals surface area contributed by atoms with Gasteiger partial charge >= 0.3 is 0 Å². The number of hydrogen-bond donors (Lipinski definition) is 2. The van der Waals surface area contributed by atoms with Crippen LogP contribution >= 0.6 is 11.3 Å². The molecule has 2 N–H and O–H groups in total. The van der Waals surface area contributed by atoms with Crippen LogP contribution in [0, 0.1) is 11.8 Å². The average molecular weight is 294 g/mol. The molecule has 1 heterocycles. The van der Waals surface area contributed by atoms with E-state index in [1.807, 2.05) is 19.5 Å². The van der Waals surface area contributed by atoms with Gasteiger partial charge in [0, 0.05) is 18.3 Å². The second-order valence-corrected chi connectivity index (χ2v) is 5.65. The van der Waals surface area contributed by atoms with Gasteiger partial charge in [0.15, 0.2) is 0 Å². The first-order valence-electron chi connectivity index (χ1n) is 6.74. The minimum absolute atomic E-state index is 0.0405. The Hall–Kier alpha value is -1.35. The first-order valence-corrected chi connectivity index (χ1v) is 7.62. The van der Waals surface area contributed by atoms with E-state index in [0.717, 1.165) is 24.3 Å². The molecule has 1 amide bonds. The Labute approximate surface area is 124 Å². The largest absolute Gasteiger partial charge is 0.395 e. The fourth-order valence-corrected chi connectivity index (χ4v) is 2.34. The van der Waals surface area contributed by atoms with Crippen LogP contribution in [-0.4, -0.2) is 49.7 Å². The van der Waals surface area contributed by atoms with Crippen LogP contribution in [0.5, 0.6) is 0 Å². The number of aliphatic hydroxyl groups is 1. The minimum Gasteiger partial charge on any atom is -0.395 e. The van der Waals surface area contributed by atoms with E-state index in [1.165, 1.54) is 11.3 Å². The molecular weight excluding hydrogens is 272 g/mol. The second-order valence-electron chi connectivity index (χ2n) is 4.74. The second kappa shape index (κ2) is 9.54. The highest BCUT2D eigenvalue weighted by atomic mass is 32.1. The van der Waals surface area contributed by atoms with Gasteiger partial charge in [0.05, 0.1) is 17.0 Å². The van der Waals surface area contributed by atoms with Gasteiger partial charge in [-0.25, -0.2) is 0 Å². The van der Waals surface area contributed by atoms with Crippen molar-refractivity contribution in [3.63, 3.8) is 0 Å². The summed E-state index contributed by atoms with van der Waals surface area (Å²) in [5.41, 5.74) is 0.663. The van der Waals surface area contributed by atoms with E-state index in [-0.39, 0.29) is 12.5 Å². The van der Waals surface area contributed by atoms with Crippen molar-refractivity contribution in [3.8, 4) is 11.8 Å². The molecule has 0 atom stereocenters. The smallest absolute Gasteiger partial charge is 0.252 e. The minimum atomic E-state index is -0.0405. The van der Waals surface area contributed by atoms with Gasteiger partial charge in [-0.1, -0.05) is 11.8 Å². The van der Waals surface area contributed by atoms with Gasteiger partial charge in [0.2, 0.25) is 0 Å². The van der Waals surface area contributed by atoms with Gasteiger partial charge in [-0.2, -0.15) is 0 Å². The van der Waals surface area contributed by atoms with Crippen molar-refractivity contribution in [1.82, 2.24) is 10.2 Å². The first-order chi connectivity index (χ1) is 9.63. The van der Waals surface area contributed by atoms with Gasteiger partial charge in [0.25, 0.3) is 5.91 Å². The normalized spacial score (nSPS) is 10.2. The van der Waals surface area contributed by atoms with Crippen molar-refractivity contribution < 1.29 is 9.90 Å². The molecule has 0 unspecified atom stereocenters. The van der Waals surface area contributed by atoms with Gasteiger partial charge in [0.1, 0.15) is 0 Å². The summed E-state index contributed by atoms with van der Waals surface area (Å²) in [6.45, 7) is 1.81. The van der Waals surface area contributed by atoms with E-state index in [4.69, 9.17) is 5.11 Å². The number of nitrogens with one attached hydrogen (secondary N) is 1. The van der Waals surface area contributed by atoms with Crippen LogP contribution in [0.1, 0.15) is 34.5 Å². The highest BCUT2D eigenvalue weighted by Crippen LogP contribution is 2.13. The zero-order chi connectivity index (χ0) is 14.8. The number of carbonyl (C=O) groups is 1. The fourth-order valence-electron chi connectivity index (χ4n) is 1.58. The lowest BCUT2D eigenvalue weighted by atomic mass is 10.2. The monoisotopic (exact) mass is 294 g/mol. The highest BCUT2D eigenvalue weighted by molar-refractivity contribution is 7.10. The van der Waals surface area contributed by atoms with Gasteiger partial charge in [-0.3, -0.25) is 4.79 Å². The maximum absolute atomic E-state index is 11.9. The van der Waals surface area contributed by atoms with Gasteiger partial charge < -0.3 is 15.3 Å². The fraction of sp³-hybridized carbons (Fsp3) is 0.533. The van der Waals surface area contributed by atoms with Crippen LogP contribution in [0.2, 0.25) is 0 Å². The van der Waals surface area contributed by atoms with Crippen LogP contribution in [-0.2, 0) is 0 Å². The summed E-state index contributed by atoms with van der Waals surface area (Å²) in [5, 5.41) is 13.4. The van der Waals surface area contributed by atoms with Crippen LogP contribution < -0.4 is 5.32 Å². The lowest BCUT2D eigenvalue weighted by Gasteiger charge is -2.09. The number of carbonyl (C=O) groups excluding carboxylic acids is 1. The maximum atomic E-state index is 11.9. The topological polar surface area (TPSA) is 52.6 Å². The molecule has 0 saturated carbocycles. The number of hydrogen-bond acceptors (Lipinski definition) is 4. The molecular formula is C15H22N2O2S. The molecule has 20 heavy (non-hydrogen) atoms. The molecule has 0 saturated heterocycles. The molecule has 4 nitrogen and oxygen atoms in total. The molecule has 0 aliphatic carbocycles. The van der Waals surface area contributed by atoms with E-state index < -0.39 is 0 Å². The predicted molar refractivity (Wildman–Crippen MR) is 83.0 cm³/mol. The van der Waals surface area contributed by atoms with Crippen molar-refractivity contribution in [3.05, 3.63) is 21.9 Å². The molecule has 0 fully saturated rings.